The normalized spacial score (nSPS) is 52.1. The lowest BCUT2D eigenvalue weighted by Crippen LogP contribution is -2.71. The Hall–Kier alpha value is -1.22. The topological polar surface area (TPSA) is 72.8 Å². The summed E-state index contributed by atoms with van der Waals surface area (Å²) >= 11 is 6.67. The van der Waals surface area contributed by atoms with Gasteiger partial charge < -0.3 is 14.6 Å². The molecule has 0 amide bonds. The molecule has 9 atom stereocenters. The molecule has 0 radical (unpaired) electrons. The highest BCUT2D eigenvalue weighted by atomic mass is 35.5. The second kappa shape index (κ2) is 6.71. The number of hydrogen-bond acceptors (Lipinski definition) is 5. The van der Waals surface area contributed by atoms with E-state index >= 15 is 4.39 Å². The van der Waals surface area contributed by atoms with Gasteiger partial charge in [0.15, 0.2) is 22.8 Å². The fourth-order valence-corrected chi connectivity index (χ4v) is 8.38. The standard InChI is InChI=1S/C24H28ClF3O5/c1-20(2)32-17-9-12-13-8-15(25)14-7-11(29)5-6-21(14,3)23(13,28)16(30)10-22(12,4)24(17,33-20)18(31)19(26)27/h5-7,12-13,15-17,19,30H,8-10H2,1-4H3/t12-,13-,15-,16-,17+,21-,22-,23-,24-/m0/s1. The van der Waals surface area contributed by atoms with Crippen molar-refractivity contribution in [3.8, 4) is 0 Å². The first-order chi connectivity index (χ1) is 15.1. The van der Waals surface area contributed by atoms with E-state index in [0.29, 0.717) is 5.57 Å². The summed E-state index contributed by atoms with van der Waals surface area (Å²) in [6.45, 7) is 6.35. The highest BCUT2D eigenvalue weighted by Crippen LogP contribution is 2.72. The van der Waals surface area contributed by atoms with Gasteiger partial charge in [-0.25, -0.2) is 13.2 Å². The Kier molecular flexibility index (Phi) is 4.78. The molecule has 1 saturated heterocycles. The molecule has 4 aliphatic carbocycles. The van der Waals surface area contributed by atoms with Crippen molar-refractivity contribution in [2.75, 3.05) is 0 Å². The van der Waals surface area contributed by atoms with E-state index in [4.69, 9.17) is 21.1 Å². The summed E-state index contributed by atoms with van der Waals surface area (Å²) in [5.74, 6) is -4.45. The van der Waals surface area contributed by atoms with Crippen molar-refractivity contribution in [2.24, 2.45) is 22.7 Å². The zero-order valence-electron chi connectivity index (χ0n) is 18.9. The summed E-state index contributed by atoms with van der Waals surface area (Å²) in [6, 6.07) is 0. The Balaban J connectivity index is 1.67. The highest BCUT2D eigenvalue weighted by molar-refractivity contribution is 6.23. The molecule has 1 N–H and O–H groups in total. The molecule has 0 bridgehead atoms. The van der Waals surface area contributed by atoms with Gasteiger partial charge in [0, 0.05) is 16.7 Å². The molecule has 0 aromatic rings. The zero-order valence-corrected chi connectivity index (χ0v) is 19.7. The van der Waals surface area contributed by atoms with Crippen LogP contribution in [-0.4, -0.2) is 57.7 Å². The Labute approximate surface area is 195 Å². The summed E-state index contributed by atoms with van der Waals surface area (Å²) in [7, 11) is 0. The summed E-state index contributed by atoms with van der Waals surface area (Å²) in [5, 5.41) is 10.7. The summed E-state index contributed by atoms with van der Waals surface area (Å²) in [5.41, 5.74) is -6.47. The monoisotopic (exact) mass is 488 g/mol. The van der Waals surface area contributed by atoms with E-state index in [9.17, 15) is 23.5 Å². The van der Waals surface area contributed by atoms with Crippen molar-refractivity contribution in [2.45, 2.75) is 88.0 Å². The quantitative estimate of drug-likeness (QED) is 0.597. The molecule has 9 heteroatoms. The van der Waals surface area contributed by atoms with Gasteiger partial charge in [-0.1, -0.05) is 13.0 Å². The Bertz CT molecular complexity index is 997. The second-order valence-corrected chi connectivity index (χ2v) is 11.6. The lowest BCUT2D eigenvalue weighted by atomic mass is 9.44. The Morgan fingerprint density at radius 2 is 1.88 bits per heavy atom. The molecule has 0 aromatic carbocycles. The Morgan fingerprint density at radius 3 is 2.52 bits per heavy atom. The van der Waals surface area contributed by atoms with Crippen molar-refractivity contribution in [1.82, 2.24) is 0 Å². The maximum atomic E-state index is 17.2. The number of halogens is 4. The number of carbonyl (C=O) groups excluding carboxylic acids is 2. The number of Topliss-reactive ketones (excluding diaryl/α,β-unsaturated/α-hetero) is 1. The van der Waals surface area contributed by atoms with Gasteiger partial charge >= 0.3 is 0 Å². The predicted molar refractivity (Wildman–Crippen MR) is 113 cm³/mol. The number of carbonyl (C=O) groups is 2. The third-order valence-electron chi connectivity index (χ3n) is 9.19. The molecular formula is C24H28ClF3O5. The van der Waals surface area contributed by atoms with Crippen molar-refractivity contribution in [3.05, 3.63) is 23.8 Å². The van der Waals surface area contributed by atoms with Gasteiger partial charge in [-0.2, -0.15) is 0 Å². The van der Waals surface area contributed by atoms with Crippen LogP contribution < -0.4 is 0 Å². The predicted octanol–water partition coefficient (Wildman–Crippen LogP) is 3.91. The van der Waals surface area contributed by atoms with E-state index in [-0.39, 0.29) is 25.0 Å². The van der Waals surface area contributed by atoms with Crippen LogP contribution in [0.3, 0.4) is 0 Å². The third kappa shape index (κ3) is 2.61. The number of allylic oxidation sites excluding steroid dienone is 4. The van der Waals surface area contributed by atoms with Gasteiger partial charge in [0.05, 0.1) is 17.6 Å². The number of fused-ring (bicyclic) bond motifs is 7. The highest BCUT2D eigenvalue weighted by Gasteiger charge is 2.81. The molecule has 0 unspecified atom stereocenters. The van der Waals surface area contributed by atoms with Crippen LogP contribution in [0.1, 0.15) is 47.0 Å². The molecule has 1 heterocycles. The molecule has 3 saturated carbocycles. The minimum atomic E-state index is -3.30. The molecule has 1 aliphatic heterocycles. The first-order valence-corrected chi connectivity index (χ1v) is 11.7. The molecule has 4 fully saturated rings. The fourth-order valence-electron chi connectivity index (χ4n) is 7.90. The number of aliphatic hydroxyl groups is 1. The summed E-state index contributed by atoms with van der Waals surface area (Å²) in [4.78, 5) is 25.0. The molecule has 5 nitrogen and oxygen atoms in total. The minimum Gasteiger partial charge on any atom is -0.390 e. The number of alkyl halides is 4. The van der Waals surface area contributed by atoms with Crippen LogP contribution >= 0.6 is 11.6 Å². The second-order valence-electron chi connectivity index (χ2n) is 11.1. The zero-order chi connectivity index (χ0) is 24.4. The van der Waals surface area contributed by atoms with Gasteiger partial charge in [0.2, 0.25) is 5.78 Å². The molecular weight excluding hydrogens is 461 g/mol. The minimum absolute atomic E-state index is 0.0903. The van der Waals surface area contributed by atoms with E-state index in [1.54, 1.807) is 27.7 Å². The van der Waals surface area contributed by atoms with E-state index in [1.807, 2.05) is 0 Å². The molecule has 5 rings (SSSR count). The van der Waals surface area contributed by atoms with E-state index in [2.05, 4.69) is 0 Å². The molecule has 0 spiro atoms. The molecule has 182 valence electrons. The maximum absolute atomic E-state index is 17.2. The van der Waals surface area contributed by atoms with Crippen molar-refractivity contribution in [1.29, 1.82) is 0 Å². The first-order valence-electron chi connectivity index (χ1n) is 11.3. The smallest absolute Gasteiger partial charge is 0.299 e. The van der Waals surface area contributed by atoms with Gasteiger partial charge in [0.25, 0.3) is 6.43 Å². The fraction of sp³-hybridized carbons (Fsp3) is 0.750. The van der Waals surface area contributed by atoms with Crippen LogP contribution in [-0.2, 0) is 19.1 Å². The van der Waals surface area contributed by atoms with E-state index in [1.165, 1.54) is 18.2 Å². The van der Waals surface area contributed by atoms with Crippen LogP contribution in [0.25, 0.3) is 0 Å². The summed E-state index contributed by atoms with van der Waals surface area (Å²) < 4.78 is 56.9. The van der Waals surface area contributed by atoms with Gasteiger partial charge in [-0.15, -0.1) is 11.6 Å². The average molecular weight is 489 g/mol. The molecule has 33 heavy (non-hydrogen) atoms. The Morgan fingerprint density at radius 1 is 1.21 bits per heavy atom. The van der Waals surface area contributed by atoms with Crippen LogP contribution in [0.4, 0.5) is 13.2 Å². The van der Waals surface area contributed by atoms with Crippen molar-refractivity contribution < 1.29 is 37.3 Å². The number of rotatable bonds is 2. The van der Waals surface area contributed by atoms with Crippen LogP contribution in [0.2, 0.25) is 0 Å². The van der Waals surface area contributed by atoms with Gasteiger partial charge in [-0.05, 0) is 63.7 Å². The molecule has 0 aromatic heterocycles. The van der Waals surface area contributed by atoms with Crippen LogP contribution in [0.5, 0.6) is 0 Å². The van der Waals surface area contributed by atoms with Crippen LogP contribution in [0, 0.1) is 22.7 Å². The first kappa shape index (κ1) is 23.5. The van der Waals surface area contributed by atoms with E-state index in [0.717, 1.165) is 0 Å². The largest absolute Gasteiger partial charge is 0.390 e. The van der Waals surface area contributed by atoms with Gasteiger partial charge in [-0.3, -0.25) is 9.59 Å². The number of aliphatic hydroxyl groups excluding tert-OH is 1. The van der Waals surface area contributed by atoms with Crippen LogP contribution in [0.15, 0.2) is 23.8 Å². The maximum Gasteiger partial charge on any atom is 0.299 e. The van der Waals surface area contributed by atoms with Gasteiger partial charge in [0.1, 0.15) is 0 Å². The lowest BCUT2D eigenvalue weighted by molar-refractivity contribution is -0.247. The van der Waals surface area contributed by atoms with Crippen molar-refractivity contribution in [3.63, 3.8) is 0 Å². The number of ketones is 2. The lowest BCUT2D eigenvalue weighted by Gasteiger charge is -2.63. The van der Waals surface area contributed by atoms with Crippen molar-refractivity contribution >= 4 is 23.2 Å². The third-order valence-corrected chi connectivity index (χ3v) is 9.60. The molecule has 5 aliphatic rings. The SMILES string of the molecule is CC1(C)O[C@@H]2C[C@H]3[C@@H]4C[C@H](Cl)C5=CC(=O)C=C[C@]5(C)[C@@]4(F)[C@@H](O)C[C@]3(C)[C@]2(C(=O)C(F)F)O1. The number of ether oxygens (including phenoxy) is 2. The average Bonchev–Trinajstić information content (AvgIpc) is 3.11. The van der Waals surface area contributed by atoms with E-state index < -0.39 is 69.5 Å². The number of hydrogen-bond donors (Lipinski definition) is 1. The summed E-state index contributed by atoms with van der Waals surface area (Å²) in [6.07, 6.45) is -1.89.